The minimum Gasteiger partial charge on any atom is -0.367 e. The number of hydrogen-bond acceptors (Lipinski definition) is 5. The fourth-order valence-corrected chi connectivity index (χ4v) is 1.92. The van der Waals surface area contributed by atoms with Crippen LogP contribution < -0.4 is 11.1 Å². The average molecular weight is 249 g/mol. The van der Waals surface area contributed by atoms with Crippen LogP contribution in [-0.2, 0) is 0 Å². The summed E-state index contributed by atoms with van der Waals surface area (Å²) in [5, 5.41) is 10.8. The topological polar surface area (TPSA) is 84.1 Å². The molecule has 18 heavy (non-hydrogen) atoms. The monoisotopic (exact) mass is 249 g/mol. The van der Waals surface area contributed by atoms with Crippen LogP contribution in [0.4, 0.5) is 5.82 Å². The van der Waals surface area contributed by atoms with Crippen molar-refractivity contribution in [1.82, 2.24) is 15.1 Å². The molecule has 1 aliphatic rings. The lowest BCUT2D eigenvalue weighted by Crippen LogP contribution is -2.31. The first-order valence-corrected chi connectivity index (χ1v) is 6.32. The lowest BCUT2D eigenvalue weighted by molar-refractivity contribution is 0.0994. The van der Waals surface area contributed by atoms with E-state index >= 15 is 0 Å². The summed E-state index contributed by atoms with van der Waals surface area (Å²) in [6, 6.07) is 4.08. The van der Waals surface area contributed by atoms with Gasteiger partial charge >= 0.3 is 0 Å². The minimum atomic E-state index is -0.556. The van der Waals surface area contributed by atoms with Crippen molar-refractivity contribution >= 4 is 11.7 Å². The van der Waals surface area contributed by atoms with Crippen molar-refractivity contribution < 1.29 is 4.79 Å². The van der Waals surface area contributed by atoms with Crippen LogP contribution in [0.3, 0.4) is 0 Å². The molecule has 0 spiro atoms. The van der Waals surface area contributed by atoms with Gasteiger partial charge in [0, 0.05) is 19.1 Å². The molecule has 1 aromatic rings. The zero-order valence-electron chi connectivity index (χ0n) is 10.6. The van der Waals surface area contributed by atoms with Gasteiger partial charge in [0.2, 0.25) is 0 Å². The van der Waals surface area contributed by atoms with Crippen LogP contribution in [0.1, 0.15) is 30.3 Å². The second kappa shape index (κ2) is 5.77. The van der Waals surface area contributed by atoms with E-state index < -0.39 is 5.91 Å². The molecule has 0 atom stereocenters. The third-order valence-electron chi connectivity index (χ3n) is 3.09. The van der Waals surface area contributed by atoms with Crippen molar-refractivity contribution in [2.45, 2.75) is 25.8 Å². The number of carbonyl (C=O) groups is 1. The maximum Gasteiger partial charge on any atom is 0.269 e. The molecule has 0 radical (unpaired) electrons. The molecule has 6 heteroatoms. The first-order chi connectivity index (χ1) is 8.70. The summed E-state index contributed by atoms with van der Waals surface area (Å²) in [6.45, 7) is 5.09. The Labute approximate surface area is 107 Å². The molecule has 6 nitrogen and oxygen atoms in total. The van der Waals surface area contributed by atoms with E-state index in [1.807, 2.05) is 0 Å². The van der Waals surface area contributed by atoms with Crippen molar-refractivity contribution in [3.05, 3.63) is 17.8 Å². The Hall–Kier alpha value is -1.69. The molecule has 2 rings (SSSR count). The number of anilines is 1. The predicted molar refractivity (Wildman–Crippen MR) is 69.3 cm³/mol. The van der Waals surface area contributed by atoms with Crippen molar-refractivity contribution in [3.63, 3.8) is 0 Å². The van der Waals surface area contributed by atoms with E-state index in [2.05, 4.69) is 27.3 Å². The molecule has 0 aromatic carbocycles. The summed E-state index contributed by atoms with van der Waals surface area (Å²) in [7, 11) is 0. The molecule has 1 amide bonds. The molecule has 3 N–H and O–H groups in total. The summed E-state index contributed by atoms with van der Waals surface area (Å²) >= 11 is 0. The Morgan fingerprint density at radius 3 is 2.78 bits per heavy atom. The smallest absolute Gasteiger partial charge is 0.269 e. The Morgan fingerprint density at radius 1 is 1.50 bits per heavy atom. The minimum absolute atomic E-state index is 0.189. The van der Waals surface area contributed by atoms with Gasteiger partial charge < -0.3 is 11.1 Å². The van der Waals surface area contributed by atoms with E-state index in [9.17, 15) is 4.79 Å². The Morgan fingerprint density at radius 2 is 2.28 bits per heavy atom. The van der Waals surface area contributed by atoms with Gasteiger partial charge in [0.15, 0.2) is 5.69 Å². The fourth-order valence-electron chi connectivity index (χ4n) is 1.92. The first kappa shape index (κ1) is 12.8. The Balaban J connectivity index is 1.77. The molecule has 1 aromatic heterocycles. The maximum absolute atomic E-state index is 10.8. The third kappa shape index (κ3) is 3.40. The lowest BCUT2D eigenvalue weighted by Gasteiger charge is -2.19. The summed E-state index contributed by atoms with van der Waals surface area (Å²) in [6.07, 6.45) is 2.64. The number of hydrogen-bond donors (Lipinski definition) is 2. The van der Waals surface area contributed by atoms with Crippen LogP contribution in [0.5, 0.6) is 0 Å². The Kier molecular flexibility index (Phi) is 4.09. The van der Waals surface area contributed by atoms with Crippen LogP contribution in [-0.4, -0.2) is 46.7 Å². The molecule has 1 saturated carbocycles. The van der Waals surface area contributed by atoms with Gasteiger partial charge in [-0.2, -0.15) is 0 Å². The number of nitrogens with zero attached hydrogens (tertiary/aromatic N) is 3. The summed E-state index contributed by atoms with van der Waals surface area (Å²) < 4.78 is 0. The zero-order chi connectivity index (χ0) is 13.0. The van der Waals surface area contributed by atoms with E-state index in [0.717, 1.165) is 25.7 Å². The quantitative estimate of drug-likeness (QED) is 0.734. The van der Waals surface area contributed by atoms with Gasteiger partial charge in [-0.3, -0.25) is 9.69 Å². The second-order valence-corrected chi connectivity index (χ2v) is 4.45. The van der Waals surface area contributed by atoms with Gasteiger partial charge in [-0.1, -0.05) is 6.92 Å². The highest BCUT2D eigenvalue weighted by Crippen LogP contribution is 2.25. The molecule has 0 unspecified atom stereocenters. The fraction of sp³-hybridized carbons (Fsp3) is 0.583. The van der Waals surface area contributed by atoms with Gasteiger partial charge in [0.1, 0.15) is 5.82 Å². The van der Waals surface area contributed by atoms with Crippen molar-refractivity contribution in [2.24, 2.45) is 5.73 Å². The maximum atomic E-state index is 10.8. The van der Waals surface area contributed by atoms with Gasteiger partial charge in [-0.05, 0) is 31.5 Å². The molecular formula is C12H19N5O. The standard InChI is InChI=1S/C12H19N5O/c1-2-17(9-3-4-9)8-7-14-11-6-5-10(12(13)18)15-16-11/h5-6,9H,2-4,7-8H2,1H3,(H2,13,18)(H,14,16). The highest BCUT2D eigenvalue weighted by atomic mass is 16.1. The van der Waals surface area contributed by atoms with E-state index in [1.54, 1.807) is 12.1 Å². The molecule has 0 bridgehead atoms. The van der Waals surface area contributed by atoms with Crippen LogP contribution in [0, 0.1) is 0 Å². The third-order valence-corrected chi connectivity index (χ3v) is 3.09. The van der Waals surface area contributed by atoms with E-state index in [0.29, 0.717) is 5.82 Å². The molecule has 0 aliphatic heterocycles. The lowest BCUT2D eigenvalue weighted by atomic mass is 10.3. The summed E-state index contributed by atoms with van der Waals surface area (Å²) in [5.74, 6) is 0.117. The van der Waals surface area contributed by atoms with Crippen LogP contribution in [0.25, 0.3) is 0 Å². The number of nitrogens with one attached hydrogen (secondary N) is 1. The highest BCUT2D eigenvalue weighted by molar-refractivity contribution is 5.90. The van der Waals surface area contributed by atoms with E-state index in [4.69, 9.17) is 5.73 Å². The first-order valence-electron chi connectivity index (χ1n) is 6.32. The van der Waals surface area contributed by atoms with Crippen molar-refractivity contribution in [2.75, 3.05) is 25.0 Å². The zero-order valence-corrected chi connectivity index (χ0v) is 10.6. The van der Waals surface area contributed by atoms with Gasteiger partial charge in [-0.25, -0.2) is 0 Å². The molecule has 98 valence electrons. The van der Waals surface area contributed by atoms with Crippen molar-refractivity contribution in [3.8, 4) is 0 Å². The second-order valence-electron chi connectivity index (χ2n) is 4.45. The number of rotatable bonds is 7. The Bertz CT molecular complexity index is 401. The summed E-state index contributed by atoms with van der Waals surface area (Å²) in [5.41, 5.74) is 5.28. The predicted octanol–water partition coefficient (Wildman–Crippen LogP) is 0.472. The van der Waals surface area contributed by atoms with Gasteiger partial charge in [-0.15, -0.1) is 10.2 Å². The summed E-state index contributed by atoms with van der Waals surface area (Å²) in [4.78, 5) is 13.3. The molecular weight excluding hydrogens is 230 g/mol. The van der Waals surface area contributed by atoms with Gasteiger partial charge in [0.05, 0.1) is 0 Å². The van der Waals surface area contributed by atoms with Crippen LogP contribution in [0.15, 0.2) is 12.1 Å². The largest absolute Gasteiger partial charge is 0.367 e. The normalized spacial score (nSPS) is 14.8. The molecule has 1 aliphatic carbocycles. The molecule has 0 saturated heterocycles. The molecule has 1 heterocycles. The van der Waals surface area contributed by atoms with E-state index in [-0.39, 0.29) is 5.69 Å². The highest BCUT2D eigenvalue weighted by Gasteiger charge is 2.27. The van der Waals surface area contributed by atoms with Crippen LogP contribution in [0.2, 0.25) is 0 Å². The number of likely N-dealkylation sites (N-methyl/N-ethyl adjacent to an activating group) is 1. The average Bonchev–Trinajstić information content (AvgIpc) is 3.19. The number of amides is 1. The van der Waals surface area contributed by atoms with Gasteiger partial charge in [0.25, 0.3) is 5.91 Å². The van der Waals surface area contributed by atoms with E-state index in [1.165, 1.54) is 12.8 Å². The molecule has 1 fully saturated rings. The number of primary amides is 1. The van der Waals surface area contributed by atoms with Crippen molar-refractivity contribution in [1.29, 1.82) is 0 Å². The number of carbonyl (C=O) groups excluding carboxylic acids is 1. The SMILES string of the molecule is CCN(CCNc1ccc(C(N)=O)nn1)C1CC1. The number of aromatic nitrogens is 2. The van der Waals surface area contributed by atoms with Crippen LogP contribution >= 0.6 is 0 Å². The number of nitrogens with two attached hydrogens (primary N) is 1.